The first-order chi connectivity index (χ1) is 13.7. The van der Waals surface area contributed by atoms with Crippen LogP contribution in [0, 0.1) is 11.3 Å². The fraction of sp³-hybridized carbons (Fsp3) is 0.522. The molecule has 3 aliphatic rings. The summed E-state index contributed by atoms with van der Waals surface area (Å²) in [4.78, 5) is 20.2. The van der Waals surface area contributed by atoms with Crippen molar-refractivity contribution >= 4 is 22.9 Å². The van der Waals surface area contributed by atoms with Crippen LogP contribution in [0.4, 0.5) is 5.69 Å². The van der Waals surface area contributed by atoms with Crippen molar-refractivity contribution in [2.75, 3.05) is 44.2 Å². The number of anilines is 1. The van der Waals surface area contributed by atoms with E-state index >= 15 is 0 Å². The van der Waals surface area contributed by atoms with E-state index in [-0.39, 0.29) is 0 Å². The second kappa shape index (κ2) is 7.53. The Kier molecular flexibility index (Phi) is 4.89. The maximum Gasteiger partial charge on any atom is 0.226 e. The van der Waals surface area contributed by atoms with Gasteiger partial charge in [-0.05, 0) is 72.3 Å². The van der Waals surface area contributed by atoms with Crippen LogP contribution in [0.5, 0.6) is 0 Å². The molecule has 0 N–H and O–H groups in total. The van der Waals surface area contributed by atoms with Gasteiger partial charge in [-0.2, -0.15) is 11.3 Å². The molecule has 1 amide bonds. The molecule has 0 bridgehead atoms. The highest BCUT2D eigenvalue weighted by Gasteiger charge is 2.59. The van der Waals surface area contributed by atoms with E-state index in [4.69, 9.17) is 0 Å². The molecule has 2 aliphatic heterocycles. The molecule has 1 aromatic heterocycles. The van der Waals surface area contributed by atoms with Gasteiger partial charge in [0.15, 0.2) is 0 Å². The molecule has 1 spiro atoms. The largest absolute Gasteiger partial charge is 0.368 e. The van der Waals surface area contributed by atoms with Crippen molar-refractivity contribution in [2.45, 2.75) is 25.8 Å². The Morgan fingerprint density at radius 3 is 2.43 bits per heavy atom. The number of piperazine rings is 1. The minimum absolute atomic E-state index is 0.291. The molecular weight excluding hydrogens is 366 g/mol. The molecule has 1 saturated carbocycles. The molecule has 2 aromatic rings. The SMILES string of the molecule is O=C(C1CC12CCN(Cc1ccsc1)CC2)N1CCN(c2ccccc2)CC1. The van der Waals surface area contributed by atoms with Crippen molar-refractivity contribution in [3.05, 3.63) is 52.7 Å². The Morgan fingerprint density at radius 1 is 1.00 bits per heavy atom. The van der Waals surface area contributed by atoms with E-state index in [1.54, 1.807) is 11.3 Å². The topological polar surface area (TPSA) is 26.8 Å². The molecule has 3 fully saturated rings. The zero-order valence-corrected chi connectivity index (χ0v) is 17.2. The molecule has 1 aliphatic carbocycles. The summed E-state index contributed by atoms with van der Waals surface area (Å²) in [5.74, 6) is 0.720. The predicted octanol–water partition coefficient (Wildman–Crippen LogP) is 3.70. The van der Waals surface area contributed by atoms with Gasteiger partial charge in [0.05, 0.1) is 0 Å². The molecule has 1 atom stereocenters. The maximum atomic E-state index is 13.1. The highest BCUT2D eigenvalue weighted by Crippen LogP contribution is 2.60. The summed E-state index contributed by atoms with van der Waals surface area (Å²) in [6, 6.07) is 12.8. The molecule has 28 heavy (non-hydrogen) atoms. The van der Waals surface area contributed by atoms with Gasteiger partial charge < -0.3 is 9.80 Å². The molecule has 5 heteroatoms. The summed E-state index contributed by atoms with van der Waals surface area (Å²) in [6.07, 6.45) is 3.51. The number of carbonyl (C=O) groups excluding carboxylic acids is 1. The molecule has 4 nitrogen and oxygen atoms in total. The minimum Gasteiger partial charge on any atom is -0.368 e. The summed E-state index contributed by atoms with van der Waals surface area (Å²) in [7, 11) is 0. The predicted molar refractivity (Wildman–Crippen MR) is 115 cm³/mol. The number of amides is 1. The number of hydrogen-bond donors (Lipinski definition) is 0. The van der Waals surface area contributed by atoms with E-state index in [0.717, 1.165) is 52.2 Å². The van der Waals surface area contributed by atoms with E-state index in [9.17, 15) is 4.79 Å². The smallest absolute Gasteiger partial charge is 0.226 e. The van der Waals surface area contributed by atoms with Crippen molar-refractivity contribution in [1.29, 1.82) is 0 Å². The van der Waals surface area contributed by atoms with Crippen molar-refractivity contribution in [3.8, 4) is 0 Å². The van der Waals surface area contributed by atoms with Gasteiger partial charge in [0.25, 0.3) is 0 Å². The van der Waals surface area contributed by atoms with Gasteiger partial charge in [-0.25, -0.2) is 0 Å². The van der Waals surface area contributed by atoms with Gasteiger partial charge in [0.2, 0.25) is 5.91 Å². The number of para-hydroxylation sites is 1. The Balaban J connectivity index is 1.11. The fourth-order valence-corrected chi connectivity index (χ4v) is 5.75. The first-order valence-corrected chi connectivity index (χ1v) is 11.5. The van der Waals surface area contributed by atoms with E-state index < -0.39 is 0 Å². The van der Waals surface area contributed by atoms with Crippen molar-refractivity contribution in [3.63, 3.8) is 0 Å². The number of rotatable bonds is 4. The summed E-state index contributed by atoms with van der Waals surface area (Å²) in [5, 5.41) is 4.41. The standard InChI is InChI=1S/C23H29N3OS/c27-22(26-13-11-25(12-14-26)20-4-2-1-3-5-20)21-16-23(21)7-9-24(10-8-23)17-19-6-15-28-18-19/h1-6,15,18,21H,7-14,16-17H2. The van der Waals surface area contributed by atoms with Gasteiger partial charge in [0.1, 0.15) is 0 Å². The van der Waals surface area contributed by atoms with Crippen LogP contribution in [0.25, 0.3) is 0 Å². The number of hydrogen-bond acceptors (Lipinski definition) is 4. The third-order valence-corrected chi connectivity index (χ3v) is 7.77. The highest BCUT2D eigenvalue weighted by atomic mass is 32.1. The first kappa shape index (κ1) is 18.2. The lowest BCUT2D eigenvalue weighted by Gasteiger charge is -2.37. The molecular formula is C23H29N3OS. The zero-order chi connectivity index (χ0) is 19.0. The third-order valence-electron chi connectivity index (χ3n) is 7.04. The number of likely N-dealkylation sites (tertiary alicyclic amines) is 1. The molecule has 2 saturated heterocycles. The van der Waals surface area contributed by atoms with Gasteiger partial charge in [-0.15, -0.1) is 0 Å². The monoisotopic (exact) mass is 395 g/mol. The Bertz CT molecular complexity index is 791. The second-order valence-corrected chi connectivity index (χ2v) is 9.45. The van der Waals surface area contributed by atoms with Crippen LogP contribution >= 0.6 is 11.3 Å². The number of nitrogens with zero attached hydrogens (tertiary/aromatic N) is 3. The van der Waals surface area contributed by atoms with Crippen LogP contribution < -0.4 is 4.90 Å². The number of thiophene rings is 1. The van der Waals surface area contributed by atoms with Crippen molar-refractivity contribution < 1.29 is 4.79 Å². The lowest BCUT2D eigenvalue weighted by atomic mass is 9.90. The van der Waals surface area contributed by atoms with Crippen LogP contribution in [-0.2, 0) is 11.3 Å². The van der Waals surface area contributed by atoms with Gasteiger partial charge in [-0.1, -0.05) is 18.2 Å². The van der Waals surface area contributed by atoms with E-state index in [2.05, 4.69) is 61.9 Å². The maximum absolute atomic E-state index is 13.1. The Labute approximate surface area is 171 Å². The average molecular weight is 396 g/mol. The molecule has 1 aromatic carbocycles. The van der Waals surface area contributed by atoms with E-state index in [1.807, 2.05) is 0 Å². The van der Waals surface area contributed by atoms with Crippen LogP contribution in [-0.4, -0.2) is 55.0 Å². The molecule has 5 rings (SSSR count). The number of benzene rings is 1. The molecule has 148 valence electrons. The molecule has 1 unspecified atom stereocenters. The van der Waals surface area contributed by atoms with Crippen molar-refractivity contribution in [1.82, 2.24) is 9.80 Å². The third kappa shape index (κ3) is 3.58. The lowest BCUT2D eigenvalue weighted by Crippen LogP contribution is -2.50. The Hall–Kier alpha value is -1.85. The quantitative estimate of drug-likeness (QED) is 0.790. The van der Waals surface area contributed by atoms with Crippen LogP contribution in [0.2, 0.25) is 0 Å². The van der Waals surface area contributed by atoms with E-state index in [1.165, 1.54) is 24.1 Å². The van der Waals surface area contributed by atoms with Crippen molar-refractivity contribution in [2.24, 2.45) is 11.3 Å². The van der Waals surface area contributed by atoms with Gasteiger partial charge in [-0.3, -0.25) is 9.69 Å². The highest BCUT2D eigenvalue weighted by molar-refractivity contribution is 7.07. The average Bonchev–Trinajstić information content (AvgIpc) is 3.19. The summed E-state index contributed by atoms with van der Waals surface area (Å²) in [5.41, 5.74) is 3.02. The number of piperidine rings is 1. The lowest BCUT2D eigenvalue weighted by molar-refractivity contribution is -0.134. The number of carbonyl (C=O) groups is 1. The second-order valence-electron chi connectivity index (χ2n) is 8.67. The fourth-order valence-electron chi connectivity index (χ4n) is 5.09. The first-order valence-electron chi connectivity index (χ1n) is 10.6. The van der Waals surface area contributed by atoms with Crippen LogP contribution in [0.15, 0.2) is 47.2 Å². The van der Waals surface area contributed by atoms with Crippen LogP contribution in [0.1, 0.15) is 24.8 Å². The molecule has 0 radical (unpaired) electrons. The van der Waals surface area contributed by atoms with Gasteiger partial charge in [0, 0.05) is 44.3 Å². The summed E-state index contributed by atoms with van der Waals surface area (Å²) < 4.78 is 0. The van der Waals surface area contributed by atoms with E-state index in [0.29, 0.717) is 17.2 Å². The normalized spacial score (nSPS) is 24.5. The Morgan fingerprint density at radius 2 is 1.75 bits per heavy atom. The minimum atomic E-state index is 0.291. The summed E-state index contributed by atoms with van der Waals surface area (Å²) >= 11 is 1.78. The van der Waals surface area contributed by atoms with Crippen LogP contribution in [0.3, 0.4) is 0 Å². The zero-order valence-electron chi connectivity index (χ0n) is 16.4. The molecule has 3 heterocycles. The summed E-state index contributed by atoms with van der Waals surface area (Å²) in [6.45, 7) is 6.98. The van der Waals surface area contributed by atoms with Gasteiger partial charge >= 0.3 is 0 Å².